The van der Waals surface area contributed by atoms with E-state index in [4.69, 9.17) is 33.7 Å². The molecule has 2 nitrogen and oxygen atoms in total. The van der Waals surface area contributed by atoms with E-state index in [2.05, 4.69) is 0 Å². The highest BCUT2D eigenvalue weighted by atomic mass is 35.5. The zero-order chi connectivity index (χ0) is 14.0. The van der Waals surface area contributed by atoms with Crippen LogP contribution in [0.1, 0.15) is 5.56 Å². The molecule has 0 spiro atoms. The molecule has 0 aliphatic rings. The molecule has 0 heterocycles. The third kappa shape index (κ3) is 3.08. The Hall–Kier alpha value is -1.52. The zero-order valence-corrected chi connectivity index (χ0v) is 11.1. The molecule has 0 aliphatic carbocycles. The van der Waals surface area contributed by atoms with E-state index < -0.39 is 11.6 Å². The minimum absolute atomic E-state index is 0.0412. The van der Waals surface area contributed by atoms with Gasteiger partial charge in [-0.3, -0.25) is 0 Å². The van der Waals surface area contributed by atoms with Gasteiger partial charge in [0, 0.05) is 27.7 Å². The molecule has 100 valence electrons. The van der Waals surface area contributed by atoms with Gasteiger partial charge in [-0.1, -0.05) is 29.3 Å². The van der Waals surface area contributed by atoms with Crippen LogP contribution in [0.15, 0.2) is 30.3 Å². The van der Waals surface area contributed by atoms with E-state index in [0.717, 1.165) is 6.07 Å². The van der Waals surface area contributed by atoms with Crippen LogP contribution in [0.3, 0.4) is 0 Å². The van der Waals surface area contributed by atoms with Gasteiger partial charge in [-0.15, -0.1) is 0 Å². The molecule has 2 aromatic carbocycles. The third-order valence-electron chi connectivity index (χ3n) is 2.48. The van der Waals surface area contributed by atoms with Crippen LogP contribution in [0, 0.1) is 11.6 Å². The van der Waals surface area contributed by atoms with E-state index >= 15 is 0 Å². The average molecular weight is 304 g/mol. The summed E-state index contributed by atoms with van der Waals surface area (Å²) in [5.74, 6) is -1.83. The highest BCUT2D eigenvalue weighted by molar-refractivity contribution is 6.35. The number of hydrogen-bond donors (Lipinski definition) is 1. The van der Waals surface area contributed by atoms with Crippen LogP contribution in [-0.2, 0) is 6.61 Å². The van der Waals surface area contributed by atoms with Gasteiger partial charge in [0.25, 0.3) is 0 Å². The van der Waals surface area contributed by atoms with Crippen molar-refractivity contribution >= 4 is 28.9 Å². The number of nitrogen functional groups attached to an aromatic ring is 1. The van der Waals surface area contributed by atoms with Crippen molar-refractivity contribution in [2.75, 3.05) is 5.73 Å². The molecular weight excluding hydrogens is 295 g/mol. The molecule has 0 fully saturated rings. The molecule has 0 amide bonds. The van der Waals surface area contributed by atoms with Crippen LogP contribution < -0.4 is 10.5 Å². The highest BCUT2D eigenvalue weighted by Crippen LogP contribution is 2.28. The first-order chi connectivity index (χ1) is 8.99. The number of rotatable bonds is 3. The highest BCUT2D eigenvalue weighted by Gasteiger charge is 2.11. The van der Waals surface area contributed by atoms with Gasteiger partial charge >= 0.3 is 0 Å². The predicted molar refractivity (Wildman–Crippen MR) is 71.6 cm³/mol. The standard InChI is InChI=1S/C13H9Cl2F2NO/c14-8-2-1-3-9(15)7(8)6-19-13-5-12(18)10(16)4-11(13)17/h1-5H,6,18H2. The summed E-state index contributed by atoms with van der Waals surface area (Å²) in [6, 6.07) is 6.71. The second-order valence-electron chi connectivity index (χ2n) is 3.79. The van der Waals surface area contributed by atoms with Crippen molar-refractivity contribution in [3.63, 3.8) is 0 Å². The van der Waals surface area contributed by atoms with Crippen LogP contribution >= 0.6 is 23.2 Å². The molecule has 2 rings (SSSR count). The van der Waals surface area contributed by atoms with E-state index in [0.29, 0.717) is 21.7 Å². The lowest BCUT2D eigenvalue weighted by atomic mass is 10.2. The fourth-order valence-corrected chi connectivity index (χ4v) is 1.98. The van der Waals surface area contributed by atoms with Crippen LogP contribution in [0.2, 0.25) is 10.0 Å². The summed E-state index contributed by atoms with van der Waals surface area (Å²) in [6.07, 6.45) is 0. The van der Waals surface area contributed by atoms with Gasteiger partial charge < -0.3 is 10.5 Å². The fraction of sp³-hybridized carbons (Fsp3) is 0.0769. The van der Waals surface area contributed by atoms with Crippen molar-refractivity contribution in [3.05, 3.63) is 57.6 Å². The lowest BCUT2D eigenvalue weighted by Crippen LogP contribution is -2.01. The first-order valence-corrected chi connectivity index (χ1v) is 6.05. The molecule has 0 bridgehead atoms. The maximum absolute atomic E-state index is 13.4. The number of benzene rings is 2. The maximum atomic E-state index is 13.4. The van der Waals surface area contributed by atoms with Crippen molar-refractivity contribution in [2.24, 2.45) is 0 Å². The number of nitrogens with two attached hydrogens (primary N) is 1. The molecule has 6 heteroatoms. The van der Waals surface area contributed by atoms with E-state index in [9.17, 15) is 8.78 Å². The third-order valence-corrected chi connectivity index (χ3v) is 3.19. The van der Waals surface area contributed by atoms with Crippen molar-refractivity contribution in [3.8, 4) is 5.75 Å². The first kappa shape index (κ1) is 13.9. The molecule has 0 unspecified atom stereocenters. The SMILES string of the molecule is Nc1cc(OCc2c(Cl)cccc2Cl)c(F)cc1F. The van der Waals surface area contributed by atoms with Crippen molar-refractivity contribution < 1.29 is 13.5 Å². The Morgan fingerprint density at radius 3 is 2.32 bits per heavy atom. The summed E-state index contributed by atoms with van der Waals surface area (Å²) >= 11 is 11.9. The largest absolute Gasteiger partial charge is 0.486 e. The Kier molecular flexibility index (Phi) is 4.12. The molecule has 19 heavy (non-hydrogen) atoms. The van der Waals surface area contributed by atoms with Crippen LogP contribution in [0.4, 0.5) is 14.5 Å². The number of anilines is 1. The second kappa shape index (κ2) is 5.63. The van der Waals surface area contributed by atoms with E-state index in [1.807, 2.05) is 0 Å². The van der Waals surface area contributed by atoms with Crippen LogP contribution in [0.25, 0.3) is 0 Å². The fourth-order valence-electron chi connectivity index (χ4n) is 1.48. The Labute approximate surface area is 118 Å². The Balaban J connectivity index is 2.22. The molecule has 0 saturated carbocycles. The summed E-state index contributed by atoms with van der Waals surface area (Å²) < 4.78 is 31.7. The van der Waals surface area contributed by atoms with Gasteiger partial charge in [-0.05, 0) is 12.1 Å². The van der Waals surface area contributed by atoms with E-state index in [1.54, 1.807) is 18.2 Å². The molecule has 0 atom stereocenters. The zero-order valence-electron chi connectivity index (χ0n) is 9.59. The molecule has 0 radical (unpaired) electrons. The Morgan fingerprint density at radius 1 is 1.05 bits per heavy atom. The summed E-state index contributed by atoms with van der Waals surface area (Å²) in [7, 11) is 0. The lowest BCUT2D eigenvalue weighted by molar-refractivity contribution is 0.290. The summed E-state index contributed by atoms with van der Waals surface area (Å²) in [5.41, 5.74) is 5.67. The molecular formula is C13H9Cl2F2NO. The van der Waals surface area contributed by atoms with Gasteiger partial charge in [0.15, 0.2) is 11.6 Å². The van der Waals surface area contributed by atoms with Crippen molar-refractivity contribution in [1.82, 2.24) is 0 Å². The normalized spacial score (nSPS) is 10.5. The molecule has 0 aliphatic heterocycles. The predicted octanol–water partition coefficient (Wildman–Crippen LogP) is 4.43. The lowest BCUT2D eigenvalue weighted by Gasteiger charge is -2.11. The van der Waals surface area contributed by atoms with Gasteiger partial charge in [-0.2, -0.15) is 0 Å². The molecule has 0 aromatic heterocycles. The summed E-state index contributed by atoms with van der Waals surface area (Å²) in [6.45, 7) is -0.0412. The summed E-state index contributed by atoms with van der Waals surface area (Å²) in [5, 5.41) is 0.811. The number of ether oxygens (including phenoxy) is 1. The smallest absolute Gasteiger partial charge is 0.168 e. The van der Waals surface area contributed by atoms with Crippen LogP contribution in [0.5, 0.6) is 5.75 Å². The van der Waals surface area contributed by atoms with Gasteiger partial charge in [-0.25, -0.2) is 8.78 Å². The van der Waals surface area contributed by atoms with Gasteiger partial charge in [0.05, 0.1) is 5.69 Å². The van der Waals surface area contributed by atoms with Crippen LogP contribution in [-0.4, -0.2) is 0 Å². The maximum Gasteiger partial charge on any atom is 0.168 e. The first-order valence-electron chi connectivity index (χ1n) is 5.29. The van der Waals surface area contributed by atoms with E-state index in [1.165, 1.54) is 0 Å². The molecule has 0 saturated heterocycles. The Morgan fingerprint density at radius 2 is 1.68 bits per heavy atom. The number of hydrogen-bond acceptors (Lipinski definition) is 2. The molecule has 2 aromatic rings. The Bertz CT molecular complexity index is 600. The minimum atomic E-state index is -0.838. The average Bonchev–Trinajstić information content (AvgIpc) is 2.34. The quantitative estimate of drug-likeness (QED) is 0.851. The van der Waals surface area contributed by atoms with Crippen molar-refractivity contribution in [2.45, 2.75) is 6.61 Å². The number of halogens is 4. The second-order valence-corrected chi connectivity index (χ2v) is 4.61. The van der Waals surface area contributed by atoms with Gasteiger partial charge in [0.2, 0.25) is 0 Å². The van der Waals surface area contributed by atoms with Gasteiger partial charge in [0.1, 0.15) is 12.4 Å². The van der Waals surface area contributed by atoms with Crippen molar-refractivity contribution in [1.29, 1.82) is 0 Å². The minimum Gasteiger partial charge on any atom is -0.486 e. The van der Waals surface area contributed by atoms with E-state index in [-0.39, 0.29) is 18.0 Å². The monoisotopic (exact) mass is 303 g/mol. The summed E-state index contributed by atoms with van der Waals surface area (Å²) in [4.78, 5) is 0. The topological polar surface area (TPSA) is 35.2 Å². The molecule has 2 N–H and O–H groups in total.